The largest absolute Gasteiger partial charge is 0.478 e. The molecule has 0 spiro atoms. The summed E-state index contributed by atoms with van der Waals surface area (Å²) in [6, 6.07) is 1.91. The molecule has 0 fully saturated rings. The number of carbonyl (C=O) groups is 1. The Morgan fingerprint density at radius 3 is 2.85 bits per heavy atom. The zero-order valence-electron chi connectivity index (χ0n) is 7.08. The number of hydrogen-bond donors (Lipinski definition) is 1. The van der Waals surface area contributed by atoms with Crippen LogP contribution in [0.2, 0.25) is 0 Å². The minimum Gasteiger partial charge on any atom is -0.478 e. The third kappa shape index (κ3) is 2.97. The van der Waals surface area contributed by atoms with Crippen molar-refractivity contribution in [3.05, 3.63) is 26.4 Å². The average molecular weight is 261 g/mol. The molecule has 1 heterocycles. The van der Waals surface area contributed by atoms with E-state index < -0.39 is 5.97 Å². The van der Waals surface area contributed by atoms with Gasteiger partial charge in [0.15, 0.2) is 0 Å². The van der Waals surface area contributed by atoms with Gasteiger partial charge in [0.2, 0.25) is 0 Å². The van der Waals surface area contributed by atoms with Gasteiger partial charge in [0.05, 0.1) is 0 Å². The van der Waals surface area contributed by atoms with Gasteiger partial charge in [0.25, 0.3) is 0 Å². The lowest BCUT2D eigenvalue weighted by Crippen LogP contribution is -1.97. The average Bonchev–Trinajstić information content (AvgIpc) is 2.46. The molecule has 0 aliphatic carbocycles. The molecule has 4 heteroatoms. The molecule has 0 atom stereocenters. The predicted octanol–water partition coefficient (Wildman–Crippen LogP) is 3.39. The van der Waals surface area contributed by atoms with Crippen molar-refractivity contribution < 1.29 is 9.90 Å². The molecule has 1 aromatic rings. The number of rotatable bonds is 3. The van der Waals surface area contributed by atoms with Gasteiger partial charge in [-0.05, 0) is 34.5 Å². The van der Waals surface area contributed by atoms with Gasteiger partial charge in [-0.25, -0.2) is 4.79 Å². The highest BCUT2D eigenvalue weighted by atomic mass is 79.9. The van der Waals surface area contributed by atoms with Crippen LogP contribution in [0.15, 0.2) is 21.5 Å². The van der Waals surface area contributed by atoms with Crippen molar-refractivity contribution in [2.45, 2.75) is 13.3 Å². The second-order valence-corrected chi connectivity index (χ2v) is 4.35. The molecule has 0 saturated carbocycles. The summed E-state index contributed by atoms with van der Waals surface area (Å²) in [5.74, 6) is -0.841. The van der Waals surface area contributed by atoms with E-state index in [1.54, 1.807) is 6.08 Å². The third-order valence-electron chi connectivity index (χ3n) is 1.56. The Labute approximate surface area is 89.0 Å². The number of carboxylic acids is 1. The fourth-order valence-electron chi connectivity index (χ4n) is 0.891. The Kier molecular flexibility index (Phi) is 3.69. The van der Waals surface area contributed by atoms with Gasteiger partial charge in [-0.1, -0.05) is 6.92 Å². The molecular weight excluding hydrogens is 252 g/mol. The Balaban J connectivity index is 2.91. The number of thiophene rings is 1. The zero-order valence-corrected chi connectivity index (χ0v) is 9.48. The molecule has 0 radical (unpaired) electrons. The zero-order chi connectivity index (χ0) is 9.84. The molecule has 0 aliphatic heterocycles. The maximum Gasteiger partial charge on any atom is 0.331 e. The van der Waals surface area contributed by atoms with Gasteiger partial charge in [-0.3, -0.25) is 0 Å². The highest BCUT2D eigenvalue weighted by molar-refractivity contribution is 9.10. The lowest BCUT2D eigenvalue weighted by Gasteiger charge is -1.94. The minimum absolute atomic E-state index is 0.439. The van der Waals surface area contributed by atoms with Crippen LogP contribution in [-0.2, 0) is 4.79 Å². The molecule has 1 N–H and O–H groups in total. The Bertz CT molecular complexity index is 341. The molecule has 0 aromatic carbocycles. The maximum atomic E-state index is 10.7. The Morgan fingerprint density at radius 1 is 1.77 bits per heavy atom. The summed E-state index contributed by atoms with van der Waals surface area (Å²) in [5, 5.41) is 10.7. The molecule has 1 aromatic heterocycles. The first-order chi connectivity index (χ1) is 6.13. The molecule has 2 nitrogen and oxygen atoms in total. The van der Waals surface area contributed by atoms with Gasteiger partial charge in [0, 0.05) is 20.3 Å². The monoisotopic (exact) mass is 260 g/mol. The summed E-state index contributed by atoms with van der Waals surface area (Å²) >= 11 is 4.84. The van der Waals surface area contributed by atoms with Crippen molar-refractivity contribution in [2.24, 2.45) is 0 Å². The summed E-state index contributed by atoms with van der Waals surface area (Å²) in [5.41, 5.74) is 0.439. The van der Waals surface area contributed by atoms with Crippen molar-refractivity contribution in [2.75, 3.05) is 0 Å². The number of carboxylic acid groups (broad SMARTS) is 1. The third-order valence-corrected chi connectivity index (χ3v) is 3.20. The molecule has 70 valence electrons. The van der Waals surface area contributed by atoms with Crippen molar-refractivity contribution in [3.8, 4) is 0 Å². The first kappa shape index (κ1) is 10.5. The second kappa shape index (κ2) is 4.58. The Morgan fingerprint density at radius 2 is 2.46 bits per heavy atom. The van der Waals surface area contributed by atoms with Gasteiger partial charge >= 0.3 is 5.97 Å². The number of aliphatic carboxylic acids is 1. The summed E-state index contributed by atoms with van der Waals surface area (Å²) in [7, 11) is 0. The van der Waals surface area contributed by atoms with Crippen LogP contribution >= 0.6 is 27.3 Å². The van der Waals surface area contributed by atoms with Crippen LogP contribution in [0, 0.1) is 0 Å². The van der Waals surface area contributed by atoms with Gasteiger partial charge in [-0.15, -0.1) is 11.3 Å². The first-order valence-electron chi connectivity index (χ1n) is 3.81. The topological polar surface area (TPSA) is 37.3 Å². The van der Waals surface area contributed by atoms with Gasteiger partial charge < -0.3 is 5.11 Å². The van der Waals surface area contributed by atoms with Crippen molar-refractivity contribution in [1.29, 1.82) is 0 Å². The van der Waals surface area contributed by atoms with E-state index in [0.717, 1.165) is 9.35 Å². The predicted molar refractivity (Wildman–Crippen MR) is 57.9 cm³/mol. The highest BCUT2D eigenvalue weighted by Crippen LogP contribution is 2.22. The summed E-state index contributed by atoms with van der Waals surface area (Å²) in [6.07, 6.45) is 2.25. The summed E-state index contributed by atoms with van der Waals surface area (Å²) < 4.78 is 0.990. The normalized spacial score (nSPS) is 11.7. The van der Waals surface area contributed by atoms with E-state index in [0.29, 0.717) is 12.0 Å². The maximum absolute atomic E-state index is 10.7. The van der Waals surface area contributed by atoms with Crippen LogP contribution in [-0.4, -0.2) is 11.1 Å². The van der Waals surface area contributed by atoms with Gasteiger partial charge in [-0.2, -0.15) is 0 Å². The van der Waals surface area contributed by atoms with E-state index in [2.05, 4.69) is 15.9 Å². The van der Waals surface area contributed by atoms with Crippen LogP contribution in [0.25, 0.3) is 6.08 Å². The quantitative estimate of drug-likeness (QED) is 0.847. The smallest absolute Gasteiger partial charge is 0.331 e. The SMILES string of the molecule is CC/C(=C\c1cc(Br)cs1)C(=O)O. The Hall–Kier alpha value is -0.610. The van der Waals surface area contributed by atoms with Crippen LogP contribution < -0.4 is 0 Å². The van der Waals surface area contributed by atoms with Gasteiger partial charge in [0.1, 0.15) is 0 Å². The molecule has 0 bridgehead atoms. The van der Waals surface area contributed by atoms with Crippen LogP contribution in [0.5, 0.6) is 0 Å². The fourth-order valence-corrected chi connectivity index (χ4v) is 2.29. The summed E-state index contributed by atoms with van der Waals surface area (Å²) in [6.45, 7) is 1.84. The van der Waals surface area contributed by atoms with E-state index in [4.69, 9.17) is 5.11 Å². The lowest BCUT2D eigenvalue weighted by atomic mass is 10.2. The minimum atomic E-state index is -0.841. The fraction of sp³-hybridized carbons (Fsp3) is 0.222. The van der Waals surface area contributed by atoms with Crippen LogP contribution in [0.4, 0.5) is 0 Å². The van der Waals surface area contributed by atoms with Crippen LogP contribution in [0.3, 0.4) is 0 Å². The van der Waals surface area contributed by atoms with Crippen molar-refractivity contribution >= 4 is 39.3 Å². The molecule has 0 amide bonds. The molecule has 13 heavy (non-hydrogen) atoms. The first-order valence-corrected chi connectivity index (χ1v) is 5.48. The van der Waals surface area contributed by atoms with E-state index >= 15 is 0 Å². The molecule has 0 aliphatic rings. The van der Waals surface area contributed by atoms with Crippen LogP contribution in [0.1, 0.15) is 18.2 Å². The standard InChI is InChI=1S/C9H9BrO2S/c1-2-6(9(11)12)3-8-4-7(10)5-13-8/h3-5H,2H2,1H3,(H,11,12)/b6-3+. The van der Waals surface area contributed by atoms with E-state index in [9.17, 15) is 4.79 Å². The molecule has 0 saturated heterocycles. The summed E-state index contributed by atoms with van der Waals surface area (Å²) in [4.78, 5) is 11.6. The molecule has 1 rings (SSSR count). The van der Waals surface area contributed by atoms with E-state index in [1.165, 1.54) is 11.3 Å². The molecule has 0 unspecified atom stereocenters. The lowest BCUT2D eigenvalue weighted by molar-refractivity contribution is -0.132. The number of hydrogen-bond acceptors (Lipinski definition) is 2. The second-order valence-electron chi connectivity index (χ2n) is 2.50. The highest BCUT2D eigenvalue weighted by Gasteiger charge is 2.04. The van der Waals surface area contributed by atoms with E-state index in [-0.39, 0.29) is 0 Å². The molecular formula is C9H9BrO2S. The van der Waals surface area contributed by atoms with Crippen molar-refractivity contribution in [1.82, 2.24) is 0 Å². The number of halogens is 1. The van der Waals surface area contributed by atoms with E-state index in [1.807, 2.05) is 18.4 Å². The van der Waals surface area contributed by atoms with Crippen molar-refractivity contribution in [3.63, 3.8) is 0 Å².